The van der Waals surface area contributed by atoms with Crippen molar-refractivity contribution in [1.29, 1.82) is 0 Å². The number of ether oxygens (including phenoxy) is 2. The van der Waals surface area contributed by atoms with Gasteiger partial charge in [0.1, 0.15) is 6.10 Å². The van der Waals surface area contributed by atoms with Crippen molar-refractivity contribution in [2.45, 2.75) is 220 Å². The van der Waals surface area contributed by atoms with Crippen LogP contribution in [-0.4, -0.2) is 18.9 Å². The predicted octanol–water partition coefficient (Wildman–Crippen LogP) is 14.3. The van der Waals surface area contributed by atoms with Crippen LogP contribution in [0.5, 0.6) is 0 Å². The van der Waals surface area contributed by atoms with E-state index >= 15 is 0 Å². The molecule has 0 unspecified atom stereocenters. The van der Waals surface area contributed by atoms with Crippen LogP contribution in [0.1, 0.15) is 214 Å². The van der Waals surface area contributed by atoms with Gasteiger partial charge in [0.15, 0.2) is 0 Å². The van der Waals surface area contributed by atoms with Crippen molar-refractivity contribution in [3.8, 4) is 0 Å². The van der Waals surface area contributed by atoms with Crippen LogP contribution in [0, 0.1) is 34.5 Å². The third kappa shape index (κ3) is 11.3. The van der Waals surface area contributed by atoms with Gasteiger partial charge in [-0.1, -0.05) is 161 Å². The number of hydrogen-bond donors (Lipinski definition) is 0. The molecule has 0 bridgehead atoms. The summed E-state index contributed by atoms with van der Waals surface area (Å²) in [7, 11) is 0. The summed E-state index contributed by atoms with van der Waals surface area (Å²) in [6.07, 6.45) is 41.1. The second-order valence-electron chi connectivity index (χ2n) is 17.3. The van der Waals surface area contributed by atoms with Crippen molar-refractivity contribution >= 4 is 6.16 Å². The molecule has 3 heteroatoms. The van der Waals surface area contributed by atoms with Gasteiger partial charge >= 0.3 is 6.16 Å². The Morgan fingerprint density at radius 3 is 1.87 bits per heavy atom. The zero-order valence-electron chi connectivity index (χ0n) is 31.9. The second-order valence-corrected chi connectivity index (χ2v) is 17.3. The first-order chi connectivity index (χ1) is 22.9. The minimum atomic E-state index is -0.432. The molecule has 0 heterocycles. The Balaban J connectivity index is 1.08. The molecule has 47 heavy (non-hydrogen) atoms. The molecular weight excluding hydrogens is 576 g/mol. The first-order valence-electron chi connectivity index (χ1n) is 21.4. The van der Waals surface area contributed by atoms with Gasteiger partial charge in [0.05, 0.1) is 6.61 Å². The van der Waals surface area contributed by atoms with E-state index in [1.54, 1.807) is 5.57 Å². The molecule has 7 atom stereocenters. The zero-order chi connectivity index (χ0) is 33.4. The monoisotopic (exact) mass is 655 g/mol. The standard InChI is InChI=1S/C44H78O3/c1-5-7-9-11-13-14-15-16-17-18-19-20-22-24-34-46-42(45)47-38-30-32-44(4)37(35-38)26-28-39-40-29-27-36(25-23-21-12-10-8-6-2)43(40,3)33-31-41(39)44/h26,36,38-41H,5-25,27-35H2,1-4H3/t36-,38+,39+,40-,41+,43-,44+/m1/s1. The first-order valence-corrected chi connectivity index (χ1v) is 21.4. The maximum Gasteiger partial charge on any atom is 0.508 e. The highest BCUT2D eigenvalue weighted by Crippen LogP contribution is 2.66. The van der Waals surface area contributed by atoms with Crippen LogP contribution in [-0.2, 0) is 9.47 Å². The van der Waals surface area contributed by atoms with Crippen LogP contribution in [0.3, 0.4) is 0 Å². The molecule has 0 aromatic rings. The van der Waals surface area contributed by atoms with Gasteiger partial charge in [0, 0.05) is 6.42 Å². The number of allylic oxidation sites excluding steroid dienone is 1. The van der Waals surface area contributed by atoms with Crippen molar-refractivity contribution in [3.63, 3.8) is 0 Å². The van der Waals surface area contributed by atoms with Crippen molar-refractivity contribution in [2.24, 2.45) is 34.5 Å². The van der Waals surface area contributed by atoms with Gasteiger partial charge < -0.3 is 9.47 Å². The van der Waals surface area contributed by atoms with Crippen molar-refractivity contribution in [2.75, 3.05) is 6.61 Å². The Morgan fingerprint density at radius 1 is 0.681 bits per heavy atom. The summed E-state index contributed by atoms with van der Waals surface area (Å²) in [6.45, 7) is 10.4. The van der Waals surface area contributed by atoms with Crippen molar-refractivity contribution in [1.82, 2.24) is 0 Å². The van der Waals surface area contributed by atoms with E-state index in [-0.39, 0.29) is 6.10 Å². The highest BCUT2D eigenvalue weighted by atomic mass is 16.7. The molecule has 0 aromatic heterocycles. The average molecular weight is 655 g/mol. The van der Waals surface area contributed by atoms with Crippen LogP contribution in [0.4, 0.5) is 4.79 Å². The molecular formula is C44H78O3. The van der Waals surface area contributed by atoms with E-state index in [9.17, 15) is 4.79 Å². The molecule has 0 N–H and O–H groups in total. The number of hydrogen-bond acceptors (Lipinski definition) is 3. The first kappa shape index (κ1) is 38.8. The van der Waals surface area contributed by atoms with E-state index in [4.69, 9.17) is 9.47 Å². The molecule has 0 aliphatic heterocycles. The summed E-state index contributed by atoms with van der Waals surface area (Å²) in [5.74, 6) is 3.56. The molecule has 0 amide bonds. The van der Waals surface area contributed by atoms with Gasteiger partial charge in [-0.3, -0.25) is 0 Å². The van der Waals surface area contributed by atoms with Crippen LogP contribution in [0.25, 0.3) is 0 Å². The average Bonchev–Trinajstić information content (AvgIpc) is 3.40. The molecule has 3 fully saturated rings. The largest absolute Gasteiger partial charge is 0.508 e. The number of unbranched alkanes of at least 4 members (excludes halogenated alkanes) is 18. The fourth-order valence-electron chi connectivity index (χ4n) is 11.1. The van der Waals surface area contributed by atoms with Crippen molar-refractivity contribution < 1.29 is 14.3 Å². The lowest BCUT2D eigenvalue weighted by Crippen LogP contribution is -2.50. The molecule has 3 nitrogen and oxygen atoms in total. The third-order valence-corrected chi connectivity index (χ3v) is 14.1. The summed E-state index contributed by atoms with van der Waals surface area (Å²) >= 11 is 0. The predicted molar refractivity (Wildman–Crippen MR) is 200 cm³/mol. The minimum absolute atomic E-state index is 0.00300. The van der Waals surface area contributed by atoms with Gasteiger partial charge in [-0.05, 0) is 92.3 Å². The summed E-state index contributed by atoms with van der Waals surface area (Å²) in [4.78, 5) is 12.6. The maximum absolute atomic E-state index is 12.6. The normalized spacial score (nSPS) is 31.5. The smallest absolute Gasteiger partial charge is 0.434 e. The molecule has 4 rings (SSSR count). The van der Waals surface area contributed by atoms with Gasteiger partial charge in [-0.2, -0.15) is 0 Å². The third-order valence-electron chi connectivity index (χ3n) is 14.1. The van der Waals surface area contributed by atoms with E-state index in [1.165, 1.54) is 161 Å². The molecule has 0 aromatic carbocycles. The van der Waals surface area contributed by atoms with E-state index in [1.807, 2.05) is 0 Å². The van der Waals surface area contributed by atoms with E-state index in [0.717, 1.165) is 49.4 Å². The minimum Gasteiger partial charge on any atom is -0.434 e. The molecule has 0 radical (unpaired) electrons. The Bertz CT molecular complexity index is 910. The highest BCUT2D eigenvalue weighted by Gasteiger charge is 2.58. The second kappa shape index (κ2) is 20.6. The van der Waals surface area contributed by atoms with E-state index in [0.29, 0.717) is 17.4 Å². The fourth-order valence-corrected chi connectivity index (χ4v) is 11.1. The van der Waals surface area contributed by atoms with Gasteiger partial charge in [-0.25, -0.2) is 4.79 Å². The molecule has 4 aliphatic carbocycles. The van der Waals surface area contributed by atoms with Crippen molar-refractivity contribution in [3.05, 3.63) is 11.6 Å². The number of rotatable bonds is 23. The molecule has 4 aliphatic rings. The topological polar surface area (TPSA) is 35.5 Å². The quantitative estimate of drug-likeness (QED) is 0.0625. The molecule has 3 saturated carbocycles. The number of carbonyl (C=O) groups is 1. The Kier molecular flexibility index (Phi) is 17.0. The summed E-state index contributed by atoms with van der Waals surface area (Å²) in [5, 5.41) is 0. The lowest BCUT2D eigenvalue weighted by atomic mass is 9.47. The lowest BCUT2D eigenvalue weighted by molar-refractivity contribution is -0.0563. The number of fused-ring (bicyclic) bond motifs is 5. The zero-order valence-corrected chi connectivity index (χ0v) is 31.9. The van der Waals surface area contributed by atoms with Gasteiger partial charge in [0.2, 0.25) is 0 Å². The van der Waals surface area contributed by atoms with Gasteiger partial charge in [0.25, 0.3) is 0 Å². The van der Waals surface area contributed by atoms with Crippen LogP contribution >= 0.6 is 0 Å². The Hall–Kier alpha value is -0.990. The SMILES string of the molecule is CCCCCCCCCCCCCCCCOC(=O)O[C@H]1CC[C@@]2(C)C(=CC[C@H]3[C@H]4CC[C@@H](CCCCCCCC)[C@@]4(C)CC[C@@H]32)C1. The summed E-state index contributed by atoms with van der Waals surface area (Å²) in [6, 6.07) is 0. The van der Waals surface area contributed by atoms with E-state index in [2.05, 4.69) is 33.8 Å². The Morgan fingerprint density at radius 2 is 1.26 bits per heavy atom. The maximum atomic E-state index is 12.6. The van der Waals surface area contributed by atoms with Crippen LogP contribution < -0.4 is 0 Å². The van der Waals surface area contributed by atoms with E-state index < -0.39 is 6.16 Å². The summed E-state index contributed by atoms with van der Waals surface area (Å²) < 4.78 is 11.4. The van der Waals surface area contributed by atoms with Gasteiger partial charge in [-0.15, -0.1) is 0 Å². The fraction of sp³-hybridized carbons (Fsp3) is 0.932. The number of carbonyl (C=O) groups excluding carboxylic acids is 1. The van der Waals surface area contributed by atoms with Crippen LogP contribution in [0.2, 0.25) is 0 Å². The highest BCUT2D eigenvalue weighted by molar-refractivity contribution is 5.60. The molecule has 272 valence electrons. The molecule has 0 spiro atoms. The molecule has 0 saturated heterocycles. The summed E-state index contributed by atoms with van der Waals surface area (Å²) in [5.41, 5.74) is 2.48. The lowest BCUT2D eigenvalue weighted by Gasteiger charge is -2.58. The van der Waals surface area contributed by atoms with Crippen LogP contribution in [0.15, 0.2) is 11.6 Å². The Labute approximate surface area is 292 Å².